The van der Waals surface area contributed by atoms with Crippen molar-refractivity contribution < 1.29 is 18.3 Å². The number of carboxylic acid groups (broad SMARTS) is 1. The predicted octanol–water partition coefficient (Wildman–Crippen LogP) is 3.43. The van der Waals surface area contributed by atoms with Gasteiger partial charge in [-0.3, -0.25) is 0 Å². The van der Waals surface area contributed by atoms with E-state index in [0.29, 0.717) is 23.9 Å². The smallest absolute Gasteiger partial charge is 0.346 e. The van der Waals surface area contributed by atoms with Crippen molar-refractivity contribution in [2.75, 3.05) is 6.54 Å². The normalized spacial score (nSPS) is 11.7. The molecule has 0 bridgehead atoms. The zero-order chi connectivity index (χ0) is 18.0. The van der Waals surface area contributed by atoms with Crippen LogP contribution < -0.4 is 4.72 Å². The zero-order valence-corrected chi connectivity index (χ0v) is 15.2. The van der Waals surface area contributed by atoms with Crippen molar-refractivity contribution in [2.45, 2.75) is 18.2 Å². The van der Waals surface area contributed by atoms with Gasteiger partial charge in [0.05, 0.1) is 4.90 Å². The number of sulfonamides is 1. The summed E-state index contributed by atoms with van der Waals surface area (Å²) < 4.78 is 28.3. The van der Waals surface area contributed by atoms with Gasteiger partial charge in [-0.1, -0.05) is 30.3 Å². The molecule has 25 heavy (non-hydrogen) atoms. The highest BCUT2D eigenvalue weighted by Gasteiger charge is 2.18. The third-order valence-corrected chi connectivity index (χ3v) is 6.68. The highest BCUT2D eigenvalue weighted by atomic mass is 32.2. The first-order chi connectivity index (χ1) is 11.9. The van der Waals surface area contributed by atoms with Gasteiger partial charge in [0.25, 0.3) is 0 Å². The molecule has 0 aliphatic rings. The van der Waals surface area contributed by atoms with E-state index in [0.717, 1.165) is 21.6 Å². The van der Waals surface area contributed by atoms with Gasteiger partial charge in [-0.25, -0.2) is 17.9 Å². The number of carbonyl (C=O) groups is 1. The maximum absolute atomic E-state index is 12.5. The minimum absolute atomic E-state index is 0.144. The van der Waals surface area contributed by atoms with Crippen molar-refractivity contribution in [3.8, 4) is 0 Å². The average molecular weight is 375 g/mol. The molecule has 2 N–H and O–H groups in total. The Bertz CT molecular complexity index is 1020. The van der Waals surface area contributed by atoms with Gasteiger partial charge in [0.15, 0.2) is 0 Å². The van der Waals surface area contributed by atoms with Crippen LogP contribution >= 0.6 is 11.3 Å². The van der Waals surface area contributed by atoms with Crippen molar-refractivity contribution in [3.05, 3.63) is 64.5 Å². The number of hydrogen-bond donors (Lipinski definition) is 2. The lowest BCUT2D eigenvalue weighted by Gasteiger charge is -2.07. The molecule has 1 heterocycles. The lowest BCUT2D eigenvalue weighted by Crippen LogP contribution is -2.25. The van der Waals surface area contributed by atoms with E-state index < -0.39 is 16.0 Å². The Kier molecular flexibility index (Phi) is 4.89. The van der Waals surface area contributed by atoms with Gasteiger partial charge in [0, 0.05) is 11.2 Å². The molecule has 130 valence electrons. The van der Waals surface area contributed by atoms with Crippen LogP contribution in [0.5, 0.6) is 0 Å². The Hall–Kier alpha value is -2.22. The Morgan fingerprint density at radius 2 is 1.88 bits per heavy atom. The van der Waals surface area contributed by atoms with Gasteiger partial charge < -0.3 is 5.11 Å². The molecule has 0 unspecified atom stereocenters. The van der Waals surface area contributed by atoms with Crippen LogP contribution in [0.2, 0.25) is 0 Å². The van der Waals surface area contributed by atoms with Crippen molar-refractivity contribution >= 4 is 37.4 Å². The first kappa shape index (κ1) is 17.6. The molecule has 0 aliphatic heterocycles. The minimum Gasteiger partial charge on any atom is -0.477 e. The molecule has 0 spiro atoms. The largest absolute Gasteiger partial charge is 0.477 e. The third-order valence-electron chi connectivity index (χ3n) is 3.96. The van der Waals surface area contributed by atoms with Gasteiger partial charge in [-0.05, 0) is 48.1 Å². The Labute approximate surface area is 150 Å². The summed E-state index contributed by atoms with van der Waals surface area (Å²) >= 11 is 1.15. The minimum atomic E-state index is -3.64. The van der Waals surface area contributed by atoms with Crippen LogP contribution in [0.15, 0.2) is 53.4 Å². The summed E-state index contributed by atoms with van der Waals surface area (Å²) in [6.45, 7) is 1.99. The number of benzene rings is 2. The van der Waals surface area contributed by atoms with Crippen molar-refractivity contribution in [1.82, 2.24) is 4.72 Å². The number of aromatic carboxylic acids is 1. The lowest BCUT2D eigenvalue weighted by molar-refractivity contribution is 0.0701. The number of hydrogen-bond acceptors (Lipinski definition) is 4. The summed E-state index contributed by atoms with van der Waals surface area (Å²) in [5.41, 5.74) is 1.65. The molecule has 0 amide bonds. The monoisotopic (exact) mass is 375 g/mol. The van der Waals surface area contributed by atoms with Crippen molar-refractivity contribution in [2.24, 2.45) is 0 Å². The predicted molar refractivity (Wildman–Crippen MR) is 98.9 cm³/mol. The second-order valence-corrected chi connectivity index (χ2v) is 8.47. The number of thiophene rings is 1. The number of rotatable bonds is 6. The van der Waals surface area contributed by atoms with Gasteiger partial charge in [0.2, 0.25) is 10.0 Å². The molecular formula is C18H17NO4S2. The van der Waals surface area contributed by atoms with Gasteiger partial charge in [-0.15, -0.1) is 11.3 Å². The van der Waals surface area contributed by atoms with E-state index in [1.54, 1.807) is 19.1 Å². The fourth-order valence-electron chi connectivity index (χ4n) is 2.63. The maximum atomic E-state index is 12.5. The Morgan fingerprint density at radius 3 is 2.56 bits per heavy atom. The molecule has 3 rings (SSSR count). The second kappa shape index (κ2) is 6.95. The van der Waals surface area contributed by atoms with Gasteiger partial charge >= 0.3 is 5.97 Å². The molecule has 0 radical (unpaired) electrons. The topological polar surface area (TPSA) is 83.5 Å². The first-order valence-electron chi connectivity index (χ1n) is 7.68. The number of fused-ring (bicyclic) bond motifs is 1. The second-order valence-electron chi connectivity index (χ2n) is 5.65. The summed E-state index contributed by atoms with van der Waals surface area (Å²) in [5, 5.41) is 9.86. The zero-order valence-electron chi connectivity index (χ0n) is 13.5. The highest BCUT2D eigenvalue weighted by Crippen LogP contribution is 2.32. The van der Waals surface area contributed by atoms with Crippen LogP contribution in [0.4, 0.5) is 0 Å². The molecule has 0 saturated heterocycles. The van der Waals surface area contributed by atoms with Crippen molar-refractivity contribution in [1.29, 1.82) is 0 Å². The first-order valence-corrected chi connectivity index (χ1v) is 9.98. The highest BCUT2D eigenvalue weighted by molar-refractivity contribution is 7.89. The van der Waals surface area contributed by atoms with Crippen LogP contribution in [0, 0.1) is 6.92 Å². The molecule has 0 fully saturated rings. The van der Waals surface area contributed by atoms with E-state index in [1.807, 2.05) is 30.3 Å². The molecule has 0 aliphatic carbocycles. The van der Waals surface area contributed by atoms with E-state index in [9.17, 15) is 18.3 Å². The summed E-state index contributed by atoms with van der Waals surface area (Å²) in [7, 11) is -3.64. The third kappa shape index (κ3) is 3.73. The molecule has 1 aromatic heterocycles. The number of aryl methyl sites for hydroxylation is 1. The van der Waals surface area contributed by atoms with Gasteiger partial charge in [-0.2, -0.15) is 0 Å². The number of carboxylic acids is 1. The summed E-state index contributed by atoms with van der Waals surface area (Å²) in [5.74, 6) is -0.996. The Morgan fingerprint density at radius 1 is 1.16 bits per heavy atom. The molecule has 7 heteroatoms. The fraction of sp³-hybridized carbons (Fsp3) is 0.167. The fourth-order valence-corrected chi connectivity index (χ4v) is 4.71. The van der Waals surface area contributed by atoms with Crippen LogP contribution in [0.1, 0.15) is 20.8 Å². The SMILES string of the molecule is Cc1c(C(=O)O)sc2ccc(S(=O)(=O)NCCc3ccccc3)cc12. The maximum Gasteiger partial charge on any atom is 0.346 e. The van der Waals surface area contributed by atoms with Crippen LogP contribution in [-0.2, 0) is 16.4 Å². The average Bonchev–Trinajstić information content (AvgIpc) is 2.92. The van der Waals surface area contributed by atoms with Crippen LogP contribution in [0.3, 0.4) is 0 Å². The van der Waals surface area contributed by atoms with Crippen molar-refractivity contribution in [3.63, 3.8) is 0 Å². The molecule has 5 nitrogen and oxygen atoms in total. The van der Waals surface area contributed by atoms with E-state index >= 15 is 0 Å². The molecule has 0 saturated carbocycles. The number of nitrogens with one attached hydrogen (secondary N) is 1. The standard InChI is InChI=1S/C18H17NO4S2/c1-12-15-11-14(7-8-16(15)24-17(12)18(20)21)25(22,23)19-10-9-13-5-3-2-4-6-13/h2-8,11,19H,9-10H2,1H3,(H,20,21). The quantitative estimate of drug-likeness (QED) is 0.691. The van der Waals surface area contributed by atoms with Gasteiger partial charge in [0.1, 0.15) is 4.88 Å². The summed E-state index contributed by atoms with van der Waals surface area (Å²) in [6, 6.07) is 14.3. The molecular weight excluding hydrogens is 358 g/mol. The molecule has 3 aromatic rings. The molecule has 0 atom stereocenters. The summed E-state index contributed by atoms with van der Waals surface area (Å²) in [4.78, 5) is 11.6. The van der Waals surface area contributed by atoms with E-state index in [4.69, 9.17) is 0 Å². The van der Waals surface area contributed by atoms with E-state index in [1.165, 1.54) is 6.07 Å². The summed E-state index contributed by atoms with van der Waals surface area (Å²) in [6.07, 6.45) is 0.600. The van der Waals surface area contributed by atoms with Crippen LogP contribution in [0.25, 0.3) is 10.1 Å². The lowest BCUT2D eigenvalue weighted by atomic mass is 10.1. The van der Waals surface area contributed by atoms with Crippen LogP contribution in [-0.4, -0.2) is 26.0 Å². The molecule has 2 aromatic carbocycles. The van der Waals surface area contributed by atoms with E-state index in [-0.39, 0.29) is 9.77 Å². The van der Waals surface area contributed by atoms with E-state index in [2.05, 4.69) is 4.72 Å². The Balaban J connectivity index is 1.82.